The highest BCUT2D eigenvalue weighted by Gasteiger charge is 2.11. The number of rotatable bonds is 4. The number of nitrogens with one attached hydrogen (secondary N) is 1. The first-order valence-electron chi connectivity index (χ1n) is 5.32. The molecule has 0 saturated carbocycles. The smallest absolute Gasteiger partial charge is 0.152 e. The van der Waals surface area contributed by atoms with Gasteiger partial charge in [-0.3, -0.25) is 0 Å². The first-order valence-corrected chi connectivity index (χ1v) is 6.59. The summed E-state index contributed by atoms with van der Waals surface area (Å²) >= 11 is -1.69. The Morgan fingerprint density at radius 3 is 2.94 bits per heavy atom. The molecule has 3 nitrogen and oxygen atoms in total. The summed E-state index contributed by atoms with van der Waals surface area (Å²) < 4.78 is 19.4. The van der Waals surface area contributed by atoms with E-state index in [2.05, 4.69) is 18.0 Å². The molecule has 86 valence electrons. The zero-order valence-corrected chi connectivity index (χ0v) is 9.96. The molecule has 0 aliphatic carbocycles. The van der Waals surface area contributed by atoms with Crippen LogP contribution in [0, 0.1) is 0 Å². The van der Waals surface area contributed by atoms with Crippen molar-refractivity contribution in [2.24, 2.45) is 0 Å². The van der Waals surface area contributed by atoms with E-state index in [1.165, 1.54) is 10.9 Å². The molecule has 0 amide bonds. The highest BCUT2D eigenvalue weighted by Crippen LogP contribution is 2.27. The summed E-state index contributed by atoms with van der Waals surface area (Å²) in [5.41, 5.74) is 2.34. The Labute approximate surface area is 97.2 Å². The molecule has 16 heavy (non-hydrogen) atoms. The molecule has 0 aliphatic rings. The van der Waals surface area contributed by atoms with Crippen LogP contribution in [0.25, 0.3) is 10.9 Å². The van der Waals surface area contributed by atoms with Crippen molar-refractivity contribution >= 4 is 22.0 Å². The highest BCUT2D eigenvalue weighted by molar-refractivity contribution is 7.79. The number of hydrogen-bond acceptors (Lipinski definition) is 1. The summed E-state index contributed by atoms with van der Waals surface area (Å²) in [5, 5.41) is 1.21. The van der Waals surface area contributed by atoms with Gasteiger partial charge in [0.25, 0.3) is 0 Å². The molecule has 2 unspecified atom stereocenters. The number of fused-ring (bicyclic) bond motifs is 1. The minimum Gasteiger partial charge on any atom is -0.361 e. The second kappa shape index (κ2) is 4.80. The lowest BCUT2D eigenvalue weighted by molar-refractivity contribution is 0.557. The third-order valence-electron chi connectivity index (χ3n) is 2.88. The molecule has 0 radical (unpaired) electrons. The van der Waals surface area contributed by atoms with E-state index in [9.17, 15) is 4.21 Å². The average Bonchev–Trinajstić information content (AvgIpc) is 2.69. The van der Waals surface area contributed by atoms with E-state index in [4.69, 9.17) is 4.55 Å². The van der Waals surface area contributed by atoms with Crippen LogP contribution in [0.15, 0.2) is 30.5 Å². The Morgan fingerprint density at radius 1 is 1.44 bits per heavy atom. The molecule has 0 spiro atoms. The SMILES string of the molecule is CC(CCS(=O)O)c1c[nH]c2ccccc12. The first kappa shape index (κ1) is 11.4. The number of H-pyrrole nitrogens is 1. The van der Waals surface area contributed by atoms with Gasteiger partial charge < -0.3 is 9.54 Å². The lowest BCUT2D eigenvalue weighted by Crippen LogP contribution is -2.01. The van der Waals surface area contributed by atoms with Crippen molar-refractivity contribution in [2.75, 3.05) is 5.75 Å². The van der Waals surface area contributed by atoms with Crippen LogP contribution in [0.5, 0.6) is 0 Å². The summed E-state index contributed by atoms with van der Waals surface area (Å²) in [7, 11) is 0. The van der Waals surface area contributed by atoms with Crippen molar-refractivity contribution in [1.29, 1.82) is 0 Å². The maximum Gasteiger partial charge on any atom is 0.152 e. The van der Waals surface area contributed by atoms with Gasteiger partial charge in [-0.1, -0.05) is 25.1 Å². The number of para-hydroxylation sites is 1. The lowest BCUT2D eigenvalue weighted by atomic mass is 9.98. The van der Waals surface area contributed by atoms with Crippen molar-refractivity contribution in [3.8, 4) is 0 Å². The van der Waals surface area contributed by atoms with E-state index < -0.39 is 11.1 Å². The van der Waals surface area contributed by atoms with E-state index in [0.29, 0.717) is 11.7 Å². The van der Waals surface area contributed by atoms with Gasteiger partial charge >= 0.3 is 0 Å². The second-order valence-corrected chi connectivity index (χ2v) is 5.06. The number of hydrogen-bond donors (Lipinski definition) is 2. The molecule has 0 saturated heterocycles. The van der Waals surface area contributed by atoms with Gasteiger partial charge in [-0.15, -0.1) is 0 Å². The molecule has 1 heterocycles. The summed E-state index contributed by atoms with van der Waals surface area (Å²) in [6, 6.07) is 8.12. The van der Waals surface area contributed by atoms with Crippen LogP contribution in [-0.4, -0.2) is 19.5 Å². The molecule has 2 aromatic rings. The van der Waals surface area contributed by atoms with Crippen LogP contribution in [0.3, 0.4) is 0 Å². The zero-order chi connectivity index (χ0) is 11.5. The van der Waals surface area contributed by atoms with Crippen LogP contribution in [-0.2, 0) is 11.1 Å². The topological polar surface area (TPSA) is 53.1 Å². The van der Waals surface area contributed by atoms with Crippen LogP contribution >= 0.6 is 0 Å². The average molecular weight is 237 g/mol. The molecular weight excluding hydrogens is 222 g/mol. The molecule has 1 aromatic heterocycles. The monoisotopic (exact) mass is 237 g/mol. The Morgan fingerprint density at radius 2 is 2.19 bits per heavy atom. The first-order chi connectivity index (χ1) is 7.68. The standard InChI is InChI=1S/C12H15NO2S/c1-9(6-7-16(14)15)11-8-13-12-5-3-2-4-10(11)12/h2-5,8-9,13H,6-7H2,1H3,(H,14,15). The van der Waals surface area contributed by atoms with Gasteiger partial charge in [-0.2, -0.15) is 0 Å². The number of aromatic amines is 1. The molecule has 0 fully saturated rings. The zero-order valence-electron chi connectivity index (χ0n) is 9.14. The summed E-state index contributed by atoms with van der Waals surface area (Å²) in [6.45, 7) is 2.09. The second-order valence-electron chi connectivity index (χ2n) is 4.00. The van der Waals surface area contributed by atoms with Crippen molar-refractivity contribution in [1.82, 2.24) is 4.98 Å². The molecule has 2 N–H and O–H groups in total. The van der Waals surface area contributed by atoms with Gasteiger partial charge in [0.1, 0.15) is 0 Å². The Balaban J connectivity index is 2.22. The largest absolute Gasteiger partial charge is 0.361 e. The quantitative estimate of drug-likeness (QED) is 0.803. The van der Waals surface area contributed by atoms with Crippen LogP contribution in [0.2, 0.25) is 0 Å². The van der Waals surface area contributed by atoms with Crippen molar-refractivity contribution in [3.63, 3.8) is 0 Å². The number of aromatic nitrogens is 1. The summed E-state index contributed by atoms with van der Waals surface area (Å²) in [6.07, 6.45) is 2.72. The maximum absolute atomic E-state index is 10.6. The van der Waals surface area contributed by atoms with Crippen molar-refractivity contribution in [2.45, 2.75) is 19.3 Å². The fraction of sp³-hybridized carbons (Fsp3) is 0.333. The Hall–Kier alpha value is -1.13. The molecule has 0 aliphatic heterocycles. The minimum atomic E-state index is -1.69. The predicted molar refractivity (Wildman–Crippen MR) is 67.0 cm³/mol. The number of benzene rings is 1. The van der Waals surface area contributed by atoms with E-state index >= 15 is 0 Å². The van der Waals surface area contributed by atoms with Gasteiger partial charge in [0.2, 0.25) is 0 Å². The van der Waals surface area contributed by atoms with Crippen LogP contribution < -0.4 is 0 Å². The molecule has 2 atom stereocenters. The van der Waals surface area contributed by atoms with Gasteiger partial charge in [0, 0.05) is 22.9 Å². The van der Waals surface area contributed by atoms with Gasteiger partial charge in [0.15, 0.2) is 11.1 Å². The predicted octanol–water partition coefficient (Wildman–Crippen LogP) is 2.88. The third-order valence-corrected chi connectivity index (χ3v) is 3.46. The van der Waals surface area contributed by atoms with Gasteiger partial charge in [-0.05, 0) is 24.0 Å². The van der Waals surface area contributed by atoms with Crippen molar-refractivity contribution in [3.05, 3.63) is 36.0 Å². The third kappa shape index (κ3) is 2.33. The molecule has 2 rings (SSSR count). The maximum atomic E-state index is 10.6. The van der Waals surface area contributed by atoms with Crippen LogP contribution in [0.4, 0.5) is 0 Å². The van der Waals surface area contributed by atoms with Gasteiger partial charge in [-0.25, -0.2) is 4.21 Å². The minimum absolute atomic E-state index is 0.298. The molecule has 4 heteroatoms. The Bertz CT molecular complexity index is 506. The van der Waals surface area contributed by atoms with E-state index in [1.54, 1.807) is 0 Å². The fourth-order valence-corrected chi connectivity index (χ4v) is 2.49. The summed E-state index contributed by atoms with van der Waals surface area (Å²) in [4.78, 5) is 3.22. The van der Waals surface area contributed by atoms with E-state index in [0.717, 1.165) is 11.9 Å². The summed E-state index contributed by atoms with van der Waals surface area (Å²) in [5.74, 6) is 0.632. The molecular formula is C12H15NO2S. The normalized spacial score (nSPS) is 15.1. The van der Waals surface area contributed by atoms with E-state index in [-0.39, 0.29) is 0 Å². The molecule has 0 bridgehead atoms. The van der Waals surface area contributed by atoms with Crippen LogP contribution in [0.1, 0.15) is 24.8 Å². The van der Waals surface area contributed by atoms with Crippen molar-refractivity contribution < 1.29 is 8.76 Å². The Kier molecular flexibility index (Phi) is 3.41. The van der Waals surface area contributed by atoms with E-state index in [1.807, 2.05) is 24.4 Å². The fourth-order valence-electron chi connectivity index (χ4n) is 1.93. The van der Waals surface area contributed by atoms with Gasteiger partial charge in [0.05, 0.1) is 0 Å². The molecule has 1 aromatic carbocycles. The highest BCUT2D eigenvalue weighted by atomic mass is 32.2. The lowest BCUT2D eigenvalue weighted by Gasteiger charge is -2.08.